The Morgan fingerprint density at radius 2 is 1.70 bits per heavy atom. The van der Waals surface area contributed by atoms with Gasteiger partial charge in [-0.3, -0.25) is 9.59 Å². The number of amides is 2. The Labute approximate surface area is 159 Å². The molecule has 0 aliphatic carbocycles. The van der Waals surface area contributed by atoms with Crippen LogP contribution in [0.1, 0.15) is 12.5 Å². The lowest BCUT2D eigenvalue weighted by Gasteiger charge is -2.35. The SMILES string of the molecule is COc1ccccc1O[C@@H](C)C(=O)N1CCN(c2ccc(C)cc2)C(=O)C1. The number of carbonyl (C=O) groups is 2. The molecule has 6 heteroatoms. The maximum absolute atomic E-state index is 12.7. The number of carbonyl (C=O) groups excluding carboxylic acids is 2. The molecule has 6 nitrogen and oxygen atoms in total. The third kappa shape index (κ3) is 4.22. The molecule has 1 heterocycles. The van der Waals surface area contributed by atoms with Crippen molar-refractivity contribution in [1.29, 1.82) is 0 Å². The van der Waals surface area contributed by atoms with E-state index < -0.39 is 6.10 Å². The van der Waals surface area contributed by atoms with E-state index in [0.29, 0.717) is 24.6 Å². The average molecular weight is 368 g/mol. The molecule has 1 atom stereocenters. The van der Waals surface area contributed by atoms with Crippen molar-refractivity contribution in [2.45, 2.75) is 20.0 Å². The van der Waals surface area contributed by atoms with Crippen molar-refractivity contribution in [3.8, 4) is 11.5 Å². The second kappa shape index (κ2) is 8.12. The monoisotopic (exact) mass is 368 g/mol. The van der Waals surface area contributed by atoms with Gasteiger partial charge >= 0.3 is 0 Å². The molecule has 0 radical (unpaired) electrons. The van der Waals surface area contributed by atoms with Crippen LogP contribution in [0.4, 0.5) is 5.69 Å². The van der Waals surface area contributed by atoms with Gasteiger partial charge in [-0.2, -0.15) is 0 Å². The molecule has 0 unspecified atom stereocenters. The summed E-state index contributed by atoms with van der Waals surface area (Å²) in [5.74, 6) is 0.767. The molecule has 3 rings (SSSR count). The highest BCUT2D eigenvalue weighted by Gasteiger charge is 2.31. The van der Waals surface area contributed by atoms with Crippen molar-refractivity contribution in [3.05, 3.63) is 54.1 Å². The Balaban J connectivity index is 1.63. The Hall–Kier alpha value is -3.02. The Morgan fingerprint density at radius 1 is 1.04 bits per heavy atom. The van der Waals surface area contributed by atoms with E-state index in [4.69, 9.17) is 9.47 Å². The standard InChI is InChI=1S/C21H24N2O4/c1-15-8-10-17(11-9-15)23-13-12-22(14-20(23)24)21(25)16(2)27-19-7-5-4-6-18(19)26-3/h4-11,16H,12-14H2,1-3H3/t16-/m0/s1. The van der Waals surface area contributed by atoms with Gasteiger partial charge in [0, 0.05) is 18.8 Å². The lowest BCUT2D eigenvalue weighted by atomic mass is 10.2. The van der Waals surface area contributed by atoms with Gasteiger partial charge in [0.15, 0.2) is 17.6 Å². The van der Waals surface area contributed by atoms with Gasteiger partial charge in [0.05, 0.1) is 7.11 Å². The number of rotatable bonds is 5. The minimum absolute atomic E-state index is 0.0480. The van der Waals surface area contributed by atoms with Gasteiger partial charge in [0.25, 0.3) is 5.91 Å². The van der Waals surface area contributed by atoms with Crippen LogP contribution in [0.5, 0.6) is 11.5 Å². The van der Waals surface area contributed by atoms with Gasteiger partial charge in [-0.1, -0.05) is 29.8 Å². The molecule has 1 saturated heterocycles. The Bertz CT molecular complexity index is 819. The first-order valence-corrected chi connectivity index (χ1v) is 8.95. The number of aryl methyl sites for hydroxylation is 1. The molecule has 0 saturated carbocycles. The van der Waals surface area contributed by atoms with Crippen molar-refractivity contribution in [1.82, 2.24) is 4.90 Å². The number of nitrogens with zero attached hydrogens (tertiary/aromatic N) is 2. The summed E-state index contributed by atoms with van der Waals surface area (Å²) >= 11 is 0. The minimum Gasteiger partial charge on any atom is -0.493 e. The molecule has 1 aliphatic heterocycles. The summed E-state index contributed by atoms with van der Waals surface area (Å²) < 4.78 is 11.0. The van der Waals surface area contributed by atoms with Gasteiger partial charge in [0.2, 0.25) is 5.91 Å². The predicted molar refractivity (Wildman–Crippen MR) is 103 cm³/mol. The molecule has 1 fully saturated rings. The first kappa shape index (κ1) is 18.8. The number of ether oxygens (including phenoxy) is 2. The molecule has 0 bridgehead atoms. The number of hydrogen-bond donors (Lipinski definition) is 0. The lowest BCUT2D eigenvalue weighted by molar-refractivity contribution is -0.142. The van der Waals surface area contributed by atoms with Crippen LogP contribution in [0, 0.1) is 6.92 Å². The van der Waals surface area contributed by atoms with Gasteiger partial charge < -0.3 is 19.3 Å². The smallest absolute Gasteiger partial charge is 0.263 e. The zero-order valence-electron chi connectivity index (χ0n) is 15.8. The highest BCUT2D eigenvalue weighted by atomic mass is 16.5. The highest BCUT2D eigenvalue weighted by molar-refractivity contribution is 5.98. The molecule has 0 N–H and O–H groups in total. The first-order valence-electron chi connectivity index (χ1n) is 8.95. The van der Waals surface area contributed by atoms with Crippen molar-refractivity contribution in [3.63, 3.8) is 0 Å². The lowest BCUT2D eigenvalue weighted by Crippen LogP contribution is -2.54. The number of piperazine rings is 1. The molecule has 27 heavy (non-hydrogen) atoms. The molecule has 2 amide bonds. The molecular weight excluding hydrogens is 344 g/mol. The fraction of sp³-hybridized carbons (Fsp3) is 0.333. The molecule has 142 valence electrons. The topological polar surface area (TPSA) is 59.1 Å². The van der Waals surface area contributed by atoms with Crippen molar-refractivity contribution in [2.24, 2.45) is 0 Å². The normalized spacial score (nSPS) is 15.4. The second-order valence-electron chi connectivity index (χ2n) is 6.55. The number of benzene rings is 2. The molecule has 0 spiro atoms. The van der Waals surface area contributed by atoms with Crippen molar-refractivity contribution < 1.29 is 19.1 Å². The van der Waals surface area contributed by atoms with E-state index in [1.165, 1.54) is 0 Å². The van der Waals surface area contributed by atoms with Crippen molar-refractivity contribution in [2.75, 3.05) is 31.6 Å². The quantitative estimate of drug-likeness (QED) is 0.814. The molecule has 2 aromatic carbocycles. The Kier molecular flexibility index (Phi) is 5.64. The van der Waals surface area contributed by atoms with Gasteiger partial charge in [-0.05, 0) is 38.1 Å². The van der Waals surface area contributed by atoms with Crippen LogP contribution in [0.15, 0.2) is 48.5 Å². The fourth-order valence-electron chi connectivity index (χ4n) is 3.07. The van der Waals surface area contributed by atoms with Crippen LogP contribution in [0.3, 0.4) is 0 Å². The van der Waals surface area contributed by atoms with Gasteiger partial charge in [0.1, 0.15) is 6.54 Å². The van der Waals surface area contributed by atoms with E-state index >= 15 is 0 Å². The number of methoxy groups -OCH3 is 1. The molecular formula is C21H24N2O4. The second-order valence-corrected chi connectivity index (χ2v) is 6.55. The third-order valence-electron chi connectivity index (χ3n) is 4.60. The highest BCUT2D eigenvalue weighted by Crippen LogP contribution is 2.27. The van der Waals surface area contributed by atoms with E-state index in [2.05, 4.69) is 0 Å². The summed E-state index contributed by atoms with van der Waals surface area (Å²) in [5, 5.41) is 0. The zero-order valence-corrected chi connectivity index (χ0v) is 15.8. The summed E-state index contributed by atoms with van der Waals surface area (Å²) in [5.41, 5.74) is 2.00. The summed E-state index contributed by atoms with van der Waals surface area (Å²) in [6.45, 7) is 4.68. The van der Waals surface area contributed by atoms with Crippen molar-refractivity contribution >= 4 is 17.5 Å². The summed E-state index contributed by atoms with van der Waals surface area (Å²) in [6, 6.07) is 15.0. The van der Waals surface area contributed by atoms with Crippen LogP contribution in [0.25, 0.3) is 0 Å². The molecule has 2 aromatic rings. The number of para-hydroxylation sites is 2. The summed E-state index contributed by atoms with van der Waals surface area (Å²) in [4.78, 5) is 28.5. The molecule has 1 aliphatic rings. The zero-order chi connectivity index (χ0) is 19.4. The van der Waals surface area contributed by atoms with Gasteiger partial charge in [-0.25, -0.2) is 0 Å². The van der Waals surface area contributed by atoms with Crippen LogP contribution in [-0.4, -0.2) is 49.6 Å². The largest absolute Gasteiger partial charge is 0.493 e. The number of hydrogen-bond acceptors (Lipinski definition) is 4. The average Bonchev–Trinajstić information content (AvgIpc) is 2.68. The summed E-state index contributed by atoms with van der Waals surface area (Å²) in [6.07, 6.45) is -0.708. The van der Waals surface area contributed by atoms with Crippen LogP contribution < -0.4 is 14.4 Å². The maximum Gasteiger partial charge on any atom is 0.263 e. The number of anilines is 1. The van der Waals surface area contributed by atoms with E-state index in [1.807, 2.05) is 43.3 Å². The minimum atomic E-state index is -0.708. The molecule has 0 aromatic heterocycles. The third-order valence-corrected chi connectivity index (χ3v) is 4.60. The first-order chi connectivity index (χ1) is 13.0. The predicted octanol–water partition coefficient (Wildman–Crippen LogP) is 2.65. The van der Waals surface area contributed by atoms with Gasteiger partial charge in [-0.15, -0.1) is 0 Å². The van der Waals surface area contributed by atoms with E-state index in [-0.39, 0.29) is 18.4 Å². The van der Waals surface area contributed by atoms with Crippen LogP contribution >= 0.6 is 0 Å². The fourth-order valence-corrected chi connectivity index (χ4v) is 3.07. The summed E-state index contributed by atoms with van der Waals surface area (Å²) in [7, 11) is 1.55. The maximum atomic E-state index is 12.7. The van der Waals surface area contributed by atoms with Crippen LogP contribution in [0.2, 0.25) is 0 Å². The Morgan fingerprint density at radius 3 is 2.33 bits per heavy atom. The van der Waals surface area contributed by atoms with E-state index in [0.717, 1.165) is 11.3 Å². The van der Waals surface area contributed by atoms with E-state index in [1.54, 1.807) is 36.0 Å². The van der Waals surface area contributed by atoms with Crippen LogP contribution in [-0.2, 0) is 9.59 Å². The van der Waals surface area contributed by atoms with E-state index in [9.17, 15) is 9.59 Å².